The molecule has 3 atom stereocenters. The van der Waals surface area contributed by atoms with Gasteiger partial charge in [0.1, 0.15) is 6.04 Å². The van der Waals surface area contributed by atoms with Crippen LogP contribution in [-0.2, 0) is 24.4 Å². The lowest BCUT2D eigenvalue weighted by atomic mass is 10.1. The Labute approximate surface area is 246 Å². The first-order chi connectivity index (χ1) is 19.5. The second-order valence-corrected chi connectivity index (χ2v) is 13.6. The second-order valence-electron chi connectivity index (χ2n) is 11.4. The number of carbonyl (C=O) groups is 3. The average Bonchev–Trinajstić information content (AvgIpc) is 3.60. The summed E-state index contributed by atoms with van der Waals surface area (Å²) in [5, 5.41) is 2.06. The molecule has 0 spiro atoms. The number of likely N-dealkylation sites (N-methyl/N-ethyl adjacent to an activating group) is 1. The van der Waals surface area contributed by atoms with Gasteiger partial charge in [0.15, 0.2) is 0 Å². The molecule has 3 fully saturated rings. The number of nitrogens with zero attached hydrogens (tertiary/aromatic N) is 4. The summed E-state index contributed by atoms with van der Waals surface area (Å²) in [5.41, 5.74) is 0. The number of nitrogens with one attached hydrogen (secondary N) is 1. The van der Waals surface area contributed by atoms with Crippen LogP contribution in [0.25, 0.3) is 10.8 Å². The lowest BCUT2D eigenvalue weighted by molar-refractivity contribution is -0.143. The van der Waals surface area contributed by atoms with Crippen LogP contribution in [0.2, 0.25) is 5.02 Å². The summed E-state index contributed by atoms with van der Waals surface area (Å²) in [6.07, 6.45) is 3.71. The van der Waals surface area contributed by atoms with Crippen LogP contribution in [0, 0.1) is 0 Å². The van der Waals surface area contributed by atoms with Crippen molar-refractivity contribution in [1.82, 2.24) is 24.3 Å². The van der Waals surface area contributed by atoms with Gasteiger partial charge >= 0.3 is 0 Å². The number of amides is 3. The van der Waals surface area contributed by atoms with Crippen LogP contribution in [0.5, 0.6) is 0 Å². The molecule has 3 amide bonds. The van der Waals surface area contributed by atoms with E-state index in [2.05, 4.69) is 9.62 Å². The molecule has 1 N–H and O–H groups in total. The van der Waals surface area contributed by atoms with Crippen LogP contribution in [0.1, 0.15) is 39.0 Å². The Morgan fingerprint density at radius 2 is 1.78 bits per heavy atom. The van der Waals surface area contributed by atoms with E-state index >= 15 is 0 Å². The molecule has 2 aromatic rings. The van der Waals surface area contributed by atoms with E-state index in [1.807, 2.05) is 18.0 Å². The molecular formula is C29H38ClN5O5S. The quantitative estimate of drug-likeness (QED) is 0.496. The molecule has 222 valence electrons. The van der Waals surface area contributed by atoms with Crippen LogP contribution in [0.3, 0.4) is 0 Å². The molecule has 0 aromatic heterocycles. The first-order valence-corrected chi connectivity index (χ1v) is 16.1. The number of piperidine rings is 1. The molecule has 0 bridgehead atoms. The third-order valence-electron chi connectivity index (χ3n) is 8.70. The maximum absolute atomic E-state index is 13.4. The first kappa shape index (κ1) is 29.8. The van der Waals surface area contributed by atoms with Gasteiger partial charge in [0.25, 0.3) is 0 Å². The molecule has 0 aliphatic carbocycles. The molecule has 10 nitrogen and oxygen atoms in total. The van der Waals surface area contributed by atoms with Crippen molar-refractivity contribution in [2.45, 2.75) is 62.0 Å². The highest BCUT2D eigenvalue weighted by atomic mass is 35.5. The molecule has 3 saturated heterocycles. The number of hydrogen-bond donors (Lipinski definition) is 1. The number of sulfonamides is 1. The minimum Gasteiger partial charge on any atom is -0.342 e. The summed E-state index contributed by atoms with van der Waals surface area (Å²) >= 11 is 6.08. The smallest absolute Gasteiger partial charge is 0.242 e. The van der Waals surface area contributed by atoms with Gasteiger partial charge in [-0.3, -0.25) is 19.3 Å². The van der Waals surface area contributed by atoms with Crippen molar-refractivity contribution in [2.24, 2.45) is 0 Å². The predicted octanol–water partition coefficient (Wildman–Crippen LogP) is 2.31. The third-order valence-corrected chi connectivity index (χ3v) is 10.4. The fourth-order valence-electron chi connectivity index (χ4n) is 6.28. The van der Waals surface area contributed by atoms with Crippen molar-refractivity contribution in [3.63, 3.8) is 0 Å². The van der Waals surface area contributed by atoms with Crippen molar-refractivity contribution in [3.8, 4) is 0 Å². The molecule has 3 aliphatic heterocycles. The number of likely N-dealkylation sites (tertiary alicyclic amines) is 3. The van der Waals surface area contributed by atoms with Gasteiger partial charge in [-0.15, -0.1) is 0 Å². The summed E-state index contributed by atoms with van der Waals surface area (Å²) in [4.78, 5) is 46.0. The van der Waals surface area contributed by atoms with Crippen LogP contribution >= 0.6 is 11.6 Å². The maximum atomic E-state index is 13.4. The minimum atomic E-state index is -3.97. The van der Waals surface area contributed by atoms with Crippen molar-refractivity contribution in [1.29, 1.82) is 0 Å². The number of rotatable bonds is 8. The van der Waals surface area contributed by atoms with E-state index in [4.69, 9.17) is 11.6 Å². The fourth-order valence-corrected chi connectivity index (χ4v) is 7.72. The molecule has 3 aliphatic rings. The van der Waals surface area contributed by atoms with E-state index in [0.717, 1.165) is 44.3 Å². The maximum Gasteiger partial charge on any atom is 0.242 e. The van der Waals surface area contributed by atoms with Gasteiger partial charge in [0.2, 0.25) is 27.7 Å². The van der Waals surface area contributed by atoms with Gasteiger partial charge in [0, 0.05) is 63.8 Å². The zero-order valence-corrected chi connectivity index (χ0v) is 25.2. The summed E-state index contributed by atoms with van der Waals surface area (Å²) in [6.45, 7) is 5.03. The summed E-state index contributed by atoms with van der Waals surface area (Å²) in [6, 6.07) is 9.38. The zero-order chi connectivity index (χ0) is 29.3. The summed E-state index contributed by atoms with van der Waals surface area (Å²) < 4.78 is 29.0. The number of halogens is 1. The second kappa shape index (κ2) is 12.2. The number of fused-ring (bicyclic) bond motifs is 1. The van der Waals surface area contributed by atoms with E-state index in [1.165, 1.54) is 11.0 Å². The summed E-state index contributed by atoms with van der Waals surface area (Å²) in [5.74, 6) is -0.418. The molecule has 0 saturated carbocycles. The molecule has 12 heteroatoms. The number of carbonyl (C=O) groups excluding carboxylic acids is 3. The van der Waals surface area contributed by atoms with Crippen molar-refractivity contribution in [3.05, 3.63) is 41.4 Å². The van der Waals surface area contributed by atoms with Crippen LogP contribution in [-0.4, -0.2) is 110 Å². The van der Waals surface area contributed by atoms with E-state index in [0.29, 0.717) is 36.3 Å². The Kier molecular flexibility index (Phi) is 8.89. The highest BCUT2D eigenvalue weighted by Gasteiger charge is 2.37. The Morgan fingerprint density at radius 3 is 2.56 bits per heavy atom. The molecule has 5 rings (SSSR count). The van der Waals surface area contributed by atoms with Crippen LogP contribution < -0.4 is 4.72 Å². The SMILES string of the molecule is CC(=O)N(C)C1CCN(C[C@@H]2CCCN2C(=O)CN2CCC[C@H](NS(=O)(=O)c3ccc4ccc(Cl)cc4c3)C2=O)C1. The Balaban J connectivity index is 1.19. The Hall–Kier alpha value is -2.73. The topological polar surface area (TPSA) is 110 Å². The van der Waals surface area contributed by atoms with E-state index in [1.54, 1.807) is 36.1 Å². The highest BCUT2D eigenvalue weighted by molar-refractivity contribution is 7.89. The van der Waals surface area contributed by atoms with E-state index in [-0.39, 0.29) is 41.2 Å². The Morgan fingerprint density at radius 1 is 1.02 bits per heavy atom. The normalized spacial score (nSPS) is 23.9. The number of benzene rings is 2. The first-order valence-electron chi connectivity index (χ1n) is 14.3. The predicted molar refractivity (Wildman–Crippen MR) is 157 cm³/mol. The number of hydrogen-bond acceptors (Lipinski definition) is 6. The molecule has 3 heterocycles. The fraction of sp³-hybridized carbons (Fsp3) is 0.552. The van der Waals surface area contributed by atoms with Gasteiger partial charge in [-0.05, 0) is 67.1 Å². The molecule has 1 unspecified atom stereocenters. The minimum absolute atomic E-state index is 0.0578. The van der Waals surface area contributed by atoms with Crippen molar-refractivity contribution < 1.29 is 22.8 Å². The largest absolute Gasteiger partial charge is 0.342 e. The molecular weight excluding hydrogens is 566 g/mol. The van der Waals surface area contributed by atoms with Gasteiger partial charge in [0.05, 0.1) is 11.4 Å². The Bertz CT molecular complexity index is 1440. The van der Waals surface area contributed by atoms with Crippen molar-refractivity contribution in [2.75, 3.05) is 46.3 Å². The van der Waals surface area contributed by atoms with Gasteiger partial charge in [-0.2, -0.15) is 4.72 Å². The molecule has 0 radical (unpaired) electrons. The van der Waals surface area contributed by atoms with Crippen LogP contribution in [0.4, 0.5) is 0 Å². The van der Waals surface area contributed by atoms with Crippen molar-refractivity contribution >= 4 is 50.1 Å². The van der Waals surface area contributed by atoms with E-state index < -0.39 is 16.1 Å². The van der Waals surface area contributed by atoms with Crippen LogP contribution in [0.15, 0.2) is 41.3 Å². The molecule has 41 heavy (non-hydrogen) atoms. The lowest BCUT2D eigenvalue weighted by Gasteiger charge is -2.35. The average molecular weight is 604 g/mol. The standard InChI is InChI=1S/C29H38ClN5O5S/c1-20(36)32(2)24-11-14-33(17-24)18-25-5-3-13-35(25)28(37)19-34-12-4-6-27(29(34)38)31-41(39,40)26-10-8-21-7-9-23(30)15-22(21)16-26/h7-10,15-16,24-25,27,31H,3-6,11-14,17-19H2,1-2H3/t24?,25-,27-/m0/s1. The third kappa shape index (κ3) is 6.69. The van der Waals surface area contributed by atoms with E-state index in [9.17, 15) is 22.8 Å². The lowest BCUT2D eigenvalue weighted by Crippen LogP contribution is -2.55. The highest BCUT2D eigenvalue weighted by Crippen LogP contribution is 2.25. The van der Waals surface area contributed by atoms with Gasteiger partial charge < -0.3 is 14.7 Å². The van der Waals surface area contributed by atoms with Gasteiger partial charge in [-0.25, -0.2) is 8.42 Å². The summed E-state index contributed by atoms with van der Waals surface area (Å²) in [7, 11) is -2.13. The monoisotopic (exact) mass is 603 g/mol. The zero-order valence-electron chi connectivity index (χ0n) is 23.6. The van der Waals surface area contributed by atoms with Gasteiger partial charge in [-0.1, -0.05) is 23.7 Å². The molecule has 2 aromatic carbocycles.